The first-order chi connectivity index (χ1) is 9.19. The summed E-state index contributed by atoms with van der Waals surface area (Å²) in [6, 6.07) is 4.10. The molecule has 1 aliphatic carbocycles. The van der Waals surface area contributed by atoms with Crippen molar-refractivity contribution in [3.8, 4) is 11.5 Å². The molecule has 0 saturated carbocycles. The number of benzene rings is 1. The zero-order chi connectivity index (χ0) is 13.8. The maximum atomic E-state index is 11.3. The summed E-state index contributed by atoms with van der Waals surface area (Å²) in [4.78, 5) is 11.3. The van der Waals surface area contributed by atoms with Gasteiger partial charge in [-0.1, -0.05) is 6.92 Å². The highest BCUT2D eigenvalue weighted by Gasteiger charge is 2.25. The second-order valence-electron chi connectivity index (χ2n) is 4.80. The fraction of sp³-hybridized carbons (Fsp3) is 0.533. The van der Waals surface area contributed by atoms with Crippen LogP contribution in [0.15, 0.2) is 12.1 Å². The number of ether oxygens (including phenoxy) is 2. The van der Waals surface area contributed by atoms with Crippen LogP contribution in [0.25, 0.3) is 0 Å². The van der Waals surface area contributed by atoms with Gasteiger partial charge in [-0.2, -0.15) is 0 Å². The Bertz CT molecular complexity index is 471. The van der Waals surface area contributed by atoms with Crippen molar-refractivity contribution in [2.45, 2.75) is 32.1 Å². The second kappa shape index (κ2) is 5.95. The average Bonchev–Trinajstić information content (AvgIpc) is 2.85. The number of carbonyl (C=O) groups excluding carboxylic acids is 1. The van der Waals surface area contributed by atoms with E-state index in [1.54, 1.807) is 14.2 Å². The molecule has 0 saturated heterocycles. The van der Waals surface area contributed by atoms with Crippen molar-refractivity contribution in [1.29, 1.82) is 0 Å². The fourth-order valence-electron chi connectivity index (χ4n) is 2.59. The van der Waals surface area contributed by atoms with Crippen LogP contribution in [0.4, 0.5) is 0 Å². The van der Waals surface area contributed by atoms with E-state index >= 15 is 0 Å². The molecular weight excluding hydrogens is 242 g/mol. The number of hydrogen-bond acceptors (Lipinski definition) is 3. The summed E-state index contributed by atoms with van der Waals surface area (Å²) < 4.78 is 10.7. The predicted octanol–water partition coefficient (Wildman–Crippen LogP) is 2.26. The number of rotatable bonds is 5. The van der Waals surface area contributed by atoms with Gasteiger partial charge in [-0.3, -0.25) is 4.79 Å². The molecule has 1 aromatic carbocycles. The second-order valence-corrected chi connectivity index (χ2v) is 4.80. The SMILES string of the molecule is CCC(=O)NCC1CCc2cc(OC)c(OC)cc21. The third-order valence-corrected chi connectivity index (χ3v) is 3.71. The lowest BCUT2D eigenvalue weighted by Gasteiger charge is -2.15. The van der Waals surface area contributed by atoms with Gasteiger partial charge >= 0.3 is 0 Å². The van der Waals surface area contributed by atoms with Crippen LogP contribution in [0.2, 0.25) is 0 Å². The molecule has 0 bridgehead atoms. The Morgan fingerprint density at radius 1 is 1.32 bits per heavy atom. The molecule has 0 heterocycles. The Kier molecular flexibility index (Phi) is 4.30. The molecule has 1 aromatic rings. The van der Waals surface area contributed by atoms with Crippen LogP contribution < -0.4 is 14.8 Å². The van der Waals surface area contributed by atoms with Crippen LogP contribution in [0, 0.1) is 0 Å². The van der Waals surface area contributed by atoms with E-state index in [4.69, 9.17) is 9.47 Å². The molecule has 0 fully saturated rings. The molecular formula is C15H21NO3. The molecule has 4 nitrogen and oxygen atoms in total. The van der Waals surface area contributed by atoms with Gasteiger partial charge in [-0.05, 0) is 36.1 Å². The predicted molar refractivity (Wildman–Crippen MR) is 73.9 cm³/mol. The lowest BCUT2D eigenvalue weighted by Crippen LogP contribution is -2.26. The van der Waals surface area contributed by atoms with Gasteiger partial charge in [0.05, 0.1) is 14.2 Å². The Balaban J connectivity index is 2.17. The van der Waals surface area contributed by atoms with Crippen molar-refractivity contribution in [2.24, 2.45) is 0 Å². The normalized spacial score (nSPS) is 16.9. The van der Waals surface area contributed by atoms with E-state index in [0.29, 0.717) is 18.9 Å². The minimum Gasteiger partial charge on any atom is -0.493 e. The monoisotopic (exact) mass is 263 g/mol. The number of amides is 1. The molecule has 0 radical (unpaired) electrons. The first kappa shape index (κ1) is 13.7. The highest BCUT2D eigenvalue weighted by Crippen LogP contribution is 2.40. The third-order valence-electron chi connectivity index (χ3n) is 3.71. The molecule has 1 N–H and O–H groups in total. The van der Waals surface area contributed by atoms with E-state index < -0.39 is 0 Å². The topological polar surface area (TPSA) is 47.6 Å². The molecule has 0 spiro atoms. The number of carbonyl (C=O) groups is 1. The highest BCUT2D eigenvalue weighted by molar-refractivity contribution is 5.75. The number of nitrogens with one attached hydrogen (secondary N) is 1. The van der Waals surface area contributed by atoms with Crippen molar-refractivity contribution in [3.63, 3.8) is 0 Å². The Morgan fingerprint density at radius 2 is 2.00 bits per heavy atom. The Labute approximate surface area is 114 Å². The number of methoxy groups -OCH3 is 2. The summed E-state index contributed by atoms with van der Waals surface area (Å²) in [7, 11) is 3.30. The maximum Gasteiger partial charge on any atom is 0.219 e. The average molecular weight is 263 g/mol. The first-order valence-electron chi connectivity index (χ1n) is 6.71. The quantitative estimate of drug-likeness (QED) is 0.886. The Hall–Kier alpha value is -1.71. The van der Waals surface area contributed by atoms with E-state index in [9.17, 15) is 4.79 Å². The molecule has 1 aliphatic rings. The summed E-state index contributed by atoms with van der Waals surface area (Å²) in [6.07, 6.45) is 2.63. The van der Waals surface area contributed by atoms with E-state index in [1.165, 1.54) is 11.1 Å². The lowest BCUT2D eigenvalue weighted by atomic mass is 10.0. The van der Waals surface area contributed by atoms with Crippen LogP contribution in [0.1, 0.15) is 36.8 Å². The summed E-state index contributed by atoms with van der Waals surface area (Å²) in [5.41, 5.74) is 2.57. The van der Waals surface area contributed by atoms with Gasteiger partial charge in [0.15, 0.2) is 11.5 Å². The number of aryl methyl sites for hydroxylation is 1. The number of fused-ring (bicyclic) bond motifs is 1. The zero-order valence-corrected chi connectivity index (χ0v) is 11.8. The van der Waals surface area contributed by atoms with Gasteiger partial charge in [0.25, 0.3) is 0 Å². The van der Waals surface area contributed by atoms with E-state index in [-0.39, 0.29) is 5.91 Å². The summed E-state index contributed by atoms with van der Waals surface area (Å²) in [5.74, 6) is 2.02. The number of hydrogen-bond donors (Lipinski definition) is 1. The van der Waals surface area contributed by atoms with Gasteiger partial charge in [0.2, 0.25) is 5.91 Å². The molecule has 1 atom stereocenters. The molecule has 0 aliphatic heterocycles. The van der Waals surface area contributed by atoms with E-state index in [2.05, 4.69) is 11.4 Å². The summed E-state index contributed by atoms with van der Waals surface area (Å²) in [6.45, 7) is 2.57. The molecule has 4 heteroatoms. The van der Waals surface area contributed by atoms with Crippen LogP contribution in [-0.2, 0) is 11.2 Å². The maximum absolute atomic E-state index is 11.3. The molecule has 104 valence electrons. The van der Waals surface area contributed by atoms with Crippen molar-refractivity contribution in [1.82, 2.24) is 5.32 Å². The smallest absolute Gasteiger partial charge is 0.219 e. The highest BCUT2D eigenvalue weighted by atomic mass is 16.5. The third kappa shape index (κ3) is 2.83. The minimum atomic E-state index is 0.105. The fourth-order valence-corrected chi connectivity index (χ4v) is 2.59. The summed E-state index contributed by atoms with van der Waals surface area (Å²) >= 11 is 0. The molecule has 19 heavy (non-hydrogen) atoms. The largest absolute Gasteiger partial charge is 0.493 e. The zero-order valence-electron chi connectivity index (χ0n) is 11.8. The van der Waals surface area contributed by atoms with E-state index in [1.807, 2.05) is 13.0 Å². The molecule has 2 rings (SSSR count). The first-order valence-corrected chi connectivity index (χ1v) is 6.71. The van der Waals surface area contributed by atoms with Crippen LogP contribution in [0.5, 0.6) is 11.5 Å². The van der Waals surface area contributed by atoms with Crippen LogP contribution in [-0.4, -0.2) is 26.7 Å². The standard InChI is InChI=1S/C15H21NO3/c1-4-15(17)16-9-11-6-5-10-7-13(18-2)14(19-3)8-12(10)11/h7-8,11H,4-6,9H2,1-3H3,(H,16,17). The molecule has 1 unspecified atom stereocenters. The van der Waals surface area contributed by atoms with Gasteiger partial charge in [-0.15, -0.1) is 0 Å². The van der Waals surface area contributed by atoms with Crippen molar-refractivity contribution in [3.05, 3.63) is 23.3 Å². The molecule has 1 amide bonds. The molecule has 0 aromatic heterocycles. The van der Waals surface area contributed by atoms with Crippen molar-refractivity contribution in [2.75, 3.05) is 20.8 Å². The van der Waals surface area contributed by atoms with Crippen LogP contribution in [0.3, 0.4) is 0 Å². The van der Waals surface area contributed by atoms with Crippen molar-refractivity contribution < 1.29 is 14.3 Å². The lowest BCUT2D eigenvalue weighted by molar-refractivity contribution is -0.120. The van der Waals surface area contributed by atoms with Gasteiger partial charge in [0.1, 0.15) is 0 Å². The minimum absolute atomic E-state index is 0.105. The van der Waals surface area contributed by atoms with Crippen LogP contribution >= 0.6 is 0 Å². The Morgan fingerprint density at radius 3 is 2.63 bits per heavy atom. The van der Waals surface area contributed by atoms with Gasteiger partial charge < -0.3 is 14.8 Å². The van der Waals surface area contributed by atoms with Gasteiger partial charge in [-0.25, -0.2) is 0 Å². The van der Waals surface area contributed by atoms with E-state index in [0.717, 1.165) is 24.3 Å². The summed E-state index contributed by atoms with van der Waals surface area (Å²) in [5, 5.41) is 2.97. The van der Waals surface area contributed by atoms with Gasteiger partial charge in [0, 0.05) is 18.9 Å². The van der Waals surface area contributed by atoms with Crippen molar-refractivity contribution >= 4 is 5.91 Å².